The lowest BCUT2D eigenvalue weighted by atomic mass is 10.2. The lowest BCUT2D eigenvalue weighted by Crippen LogP contribution is -1.96. The average Bonchev–Trinajstić information content (AvgIpc) is 3.02. The van der Waals surface area contributed by atoms with Crippen LogP contribution in [-0.2, 0) is 6.42 Å². The maximum Gasteiger partial charge on any atom is 0.234 e. The van der Waals surface area contributed by atoms with Gasteiger partial charge in [-0.15, -0.1) is 10.2 Å². The van der Waals surface area contributed by atoms with Gasteiger partial charge in [0.1, 0.15) is 5.75 Å². The van der Waals surface area contributed by atoms with Gasteiger partial charge in [-0.05, 0) is 25.5 Å². The van der Waals surface area contributed by atoms with E-state index in [0.717, 1.165) is 39.9 Å². The van der Waals surface area contributed by atoms with Gasteiger partial charge in [-0.1, -0.05) is 30.4 Å². The van der Waals surface area contributed by atoms with E-state index < -0.39 is 0 Å². The number of aryl methyl sites for hydroxylation is 1. The molecule has 2 heterocycles. The zero-order chi connectivity index (χ0) is 13.9. The van der Waals surface area contributed by atoms with Gasteiger partial charge in [0.2, 0.25) is 4.96 Å². The zero-order valence-corrected chi connectivity index (χ0v) is 12.4. The summed E-state index contributed by atoms with van der Waals surface area (Å²) in [4.78, 5) is 0.828. The minimum absolute atomic E-state index is 0.641. The lowest BCUT2D eigenvalue weighted by Gasteiger charge is -2.06. The quantitative estimate of drug-likeness (QED) is 0.723. The summed E-state index contributed by atoms with van der Waals surface area (Å²) >= 11 is 1.54. The zero-order valence-electron chi connectivity index (χ0n) is 11.5. The summed E-state index contributed by atoms with van der Waals surface area (Å²) in [6, 6.07) is 7.95. The molecule has 0 unspecified atom stereocenters. The fourth-order valence-corrected chi connectivity index (χ4v) is 2.96. The van der Waals surface area contributed by atoms with E-state index in [1.165, 1.54) is 11.3 Å². The molecule has 2 aromatic heterocycles. The van der Waals surface area contributed by atoms with E-state index in [9.17, 15) is 0 Å². The SMILES string of the molecule is CCCc1nnc2sc(-c3ccccc3OCC)nn12. The third kappa shape index (κ3) is 2.27. The average molecular weight is 288 g/mol. The van der Waals surface area contributed by atoms with Crippen molar-refractivity contribution in [3.8, 4) is 16.3 Å². The molecular formula is C14H16N4OS. The molecule has 6 heteroatoms. The van der Waals surface area contributed by atoms with Crippen molar-refractivity contribution >= 4 is 16.3 Å². The number of nitrogens with zero attached hydrogens (tertiary/aromatic N) is 4. The van der Waals surface area contributed by atoms with E-state index in [1.54, 1.807) is 0 Å². The number of hydrogen-bond acceptors (Lipinski definition) is 5. The summed E-state index contributed by atoms with van der Waals surface area (Å²) in [5.74, 6) is 1.77. The molecule has 0 saturated carbocycles. The van der Waals surface area contributed by atoms with Crippen molar-refractivity contribution in [3.05, 3.63) is 30.1 Å². The summed E-state index contributed by atoms with van der Waals surface area (Å²) in [6.45, 7) is 4.75. The Balaban J connectivity index is 2.06. The van der Waals surface area contributed by atoms with Crippen molar-refractivity contribution in [1.82, 2.24) is 19.8 Å². The Hall–Kier alpha value is -1.95. The van der Waals surface area contributed by atoms with Crippen LogP contribution in [0.5, 0.6) is 5.75 Å². The van der Waals surface area contributed by atoms with E-state index in [4.69, 9.17) is 4.74 Å². The van der Waals surface area contributed by atoms with Crippen LogP contribution in [0.25, 0.3) is 15.5 Å². The van der Waals surface area contributed by atoms with Gasteiger partial charge in [-0.2, -0.15) is 9.61 Å². The van der Waals surface area contributed by atoms with Crippen LogP contribution in [0, 0.1) is 0 Å². The highest BCUT2D eigenvalue weighted by Gasteiger charge is 2.15. The minimum atomic E-state index is 0.641. The number of rotatable bonds is 5. The van der Waals surface area contributed by atoms with Crippen LogP contribution >= 0.6 is 11.3 Å². The normalized spacial score (nSPS) is 11.1. The maximum absolute atomic E-state index is 5.66. The molecule has 0 bridgehead atoms. The lowest BCUT2D eigenvalue weighted by molar-refractivity contribution is 0.341. The predicted octanol–water partition coefficient (Wildman–Crippen LogP) is 3.20. The number of hydrogen-bond donors (Lipinski definition) is 0. The smallest absolute Gasteiger partial charge is 0.234 e. The minimum Gasteiger partial charge on any atom is -0.493 e. The van der Waals surface area contributed by atoms with Gasteiger partial charge in [-0.3, -0.25) is 0 Å². The van der Waals surface area contributed by atoms with E-state index in [1.807, 2.05) is 35.7 Å². The third-order valence-electron chi connectivity index (χ3n) is 2.95. The first-order chi connectivity index (χ1) is 9.83. The molecule has 3 aromatic rings. The fourth-order valence-electron chi connectivity index (χ4n) is 2.07. The van der Waals surface area contributed by atoms with Crippen LogP contribution in [0.2, 0.25) is 0 Å². The van der Waals surface area contributed by atoms with E-state index >= 15 is 0 Å². The second-order valence-corrected chi connectivity index (χ2v) is 5.35. The molecule has 0 spiro atoms. The van der Waals surface area contributed by atoms with Gasteiger partial charge >= 0.3 is 0 Å². The van der Waals surface area contributed by atoms with Crippen molar-refractivity contribution in [1.29, 1.82) is 0 Å². The molecule has 0 aliphatic heterocycles. The number of para-hydroxylation sites is 1. The van der Waals surface area contributed by atoms with Crippen LogP contribution < -0.4 is 4.74 Å². The molecule has 0 radical (unpaired) electrons. The summed E-state index contributed by atoms with van der Waals surface area (Å²) in [5, 5.41) is 13.9. The fraction of sp³-hybridized carbons (Fsp3) is 0.357. The van der Waals surface area contributed by atoms with E-state index in [2.05, 4.69) is 22.2 Å². The van der Waals surface area contributed by atoms with Gasteiger partial charge in [0.05, 0.1) is 12.2 Å². The standard InChI is InChI=1S/C14H16N4OS/c1-3-7-12-15-16-14-18(12)17-13(20-14)10-8-5-6-9-11(10)19-4-2/h5-6,8-9H,3-4,7H2,1-2H3. The second kappa shape index (κ2) is 5.58. The Kier molecular flexibility index (Phi) is 3.64. The molecule has 0 N–H and O–H groups in total. The maximum atomic E-state index is 5.66. The van der Waals surface area contributed by atoms with Gasteiger partial charge in [-0.25, -0.2) is 0 Å². The third-order valence-corrected chi connectivity index (χ3v) is 3.88. The summed E-state index contributed by atoms with van der Waals surface area (Å²) in [6.07, 6.45) is 1.92. The molecule has 5 nitrogen and oxygen atoms in total. The number of benzene rings is 1. The summed E-state index contributed by atoms with van der Waals surface area (Å²) < 4.78 is 7.50. The number of aromatic nitrogens is 4. The van der Waals surface area contributed by atoms with E-state index in [0.29, 0.717) is 6.61 Å². The molecule has 0 saturated heterocycles. The molecule has 104 valence electrons. The molecule has 20 heavy (non-hydrogen) atoms. The summed E-state index contributed by atoms with van der Waals surface area (Å²) in [7, 11) is 0. The van der Waals surface area contributed by atoms with Crippen LogP contribution in [0.3, 0.4) is 0 Å². The first-order valence-electron chi connectivity index (χ1n) is 6.76. The molecule has 0 amide bonds. The molecule has 0 atom stereocenters. The monoisotopic (exact) mass is 288 g/mol. The second-order valence-electron chi connectivity index (χ2n) is 4.40. The Morgan fingerprint density at radius 2 is 2.05 bits per heavy atom. The Morgan fingerprint density at radius 3 is 2.85 bits per heavy atom. The topological polar surface area (TPSA) is 52.3 Å². The Labute approximate surface area is 121 Å². The number of fused-ring (bicyclic) bond motifs is 1. The molecule has 0 fully saturated rings. The molecule has 0 aliphatic carbocycles. The van der Waals surface area contributed by atoms with Crippen molar-refractivity contribution < 1.29 is 4.74 Å². The van der Waals surface area contributed by atoms with Gasteiger partial charge in [0.25, 0.3) is 0 Å². The largest absolute Gasteiger partial charge is 0.493 e. The highest BCUT2D eigenvalue weighted by atomic mass is 32.1. The molecular weight excluding hydrogens is 272 g/mol. The molecule has 3 rings (SSSR count). The van der Waals surface area contributed by atoms with Crippen LogP contribution in [0.15, 0.2) is 24.3 Å². The predicted molar refractivity (Wildman–Crippen MR) is 79.3 cm³/mol. The van der Waals surface area contributed by atoms with Crippen LogP contribution in [0.1, 0.15) is 26.1 Å². The van der Waals surface area contributed by atoms with Crippen LogP contribution in [-0.4, -0.2) is 26.4 Å². The highest BCUT2D eigenvalue weighted by Crippen LogP contribution is 2.32. The van der Waals surface area contributed by atoms with Gasteiger partial charge in [0.15, 0.2) is 10.8 Å². The van der Waals surface area contributed by atoms with Crippen LogP contribution in [0.4, 0.5) is 0 Å². The van der Waals surface area contributed by atoms with Crippen molar-refractivity contribution in [2.24, 2.45) is 0 Å². The first-order valence-corrected chi connectivity index (χ1v) is 7.58. The highest BCUT2D eigenvalue weighted by molar-refractivity contribution is 7.19. The summed E-state index contributed by atoms with van der Waals surface area (Å²) in [5.41, 5.74) is 1.01. The van der Waals surface area contributed by atoms with Crippen molar-refractivity contribution in [2.75, 3.05) is 6.61 Å². The van der Waals surface area contributed by atoms with Crippen molar-refractivity contribution in [3.63, 3.8) is 0 Å². The number of ether oxygens (including phenoxy) is 1. The van der Waals surface area contributed by atoms with E-state index in [-0.39, 0.29) is 0 Å². The Morgan fingerprint density at radius 1 is 1.20 bits per heavy atom. The van der Waals surface area contributed by atoms with Crippen molar-refractivity contribution in [2.45, 2.75) is 26.7 Å². The molecule has 0 aliphatic rings. The Bertz CT molecular complexity index is 719. The van der Waals surface area contributed by atoms with Gasteiger partial charge < -0.3 is 4.74 Å². The van der Waals surface area contributed by atoms with Gasteiger partial charge in [0, 0.05) is 6.42 Å². The molecule has 1 aromatic carbocycles. The first kappa shape index (κ1) is 13.1.